The molecule has 1 aliphatic rings. The van der Waals surface area contributed by atoms with Gasteiger partial charge in [0, 0.05) is 18.2 Å². The minimum Gasteiger partial charge on any atom is -0.365 e. The van der Waals surface area contributed by atoms with E-state index < -0.39 is 11.7 Å². The van der Waals surface area contributed by atoms with Gasteiger partial charge in [0.15, 0.2) is 0 Å². The second kappa shape index (κ2) is 7.00. The molecule has 0 amide bonds. The summed E-state index contributed by atoms with van der Waals surface area (Å²) in [4.78, 5) is 2.27. The van der Waals surface area contributed by atoms with E-state index in [1.807, 2.05) is 6.07 Å². The highest BCUT2D eigenvalue weighted by Gasteiger charge is 2.30. The maximum absolute atomic E-state index is 12.8. The first-order chi connectivity index (χ1) is 11.8. The van der Waals surface area contributed by atoms with Crippen molar-refractivity contribution in [3.05, 3.63) is 41.5 Å². The molecule has 0 bridgehead atoms. The van der Waals surface area contributed by atoms with Crippen molar-refractivity contribution in [1.29, 1.82) is 0 Å². The summed E-state index contributed by atoms with van der Waals surface area (Å²) >= 11 is 0. The number of benzene rings is 1. The van der Waals surface area contributed by atoms with Crippen LogP contribution in [0.25, 0.3) is 11.3 Å². The van der Waals surface area contributed by atoms with Gasteiger partial charge in [-0.1, -0.05) is 6.07 Å². The molecule has 1 N–H and O–H groups in total. The summed E-state index contributed by atoms with van der Waals surface area (Å²) in [6.45, 7) is 3.72. The van der Waals surface area contributed by atoms with E-state index >= 15 is 0 Å². The molecule has 0 unspecified atom stereocenters. The molecule has 2 aromatic rings. The molecular weight excluding hydrogens is 329 g/mol. The van der Waals surface area contributed by atoms with Crippen LogP contribution in [0, 0.1) is 6.92 Å². The number of halogens is 3. The van der Waals surface area contributed by atoms with Crippen molar-refractivity contribution >= 4 is 5.82 Å². The average molecular weight is 350 g/mol. The van der Waals surface area contributed by atoms with Crippen LogP contribution in [0.4, 0.5) is 19.0 Å². The Hall–Kier alpha value is -2.15. The smallest absolute Gasteiger partial charge is 0.365 e. The monoisotopic (exact) mass is 350 g/mol. The van der Waals surface area contributed by atoms with Gasteiger partial charge >= 0.3 is 6.18 Å². The van der Waals surface area contributed by atoms with Crippen LogP contribution in [0.15, 0.2) is 30.3 Å². The van der Waals surface area contributed by atoms with Gasteiger partial charge in [-0.25, -0.2) is 0 Å². The van der Waals surface area contributed by atoms with Crippen molar-refractivity contribution in [2.45, 2.75) is 32.0 Å². The maximum Gasteiger partial charge on any atom is 0.416 e. The number of nitrogens with zero attached hydrogens (tertiary/aromatic N) is 3. The molecule has 4 nitrogen and oxygen atoms in total. The van der Waals surface area contributed by atoms with Gasteiger partial charge in [-0.15, -0.1) is 10.2 Å². The highest BCUT2D eigenvalue weighted by molar-refractivity contribution is 5.64. The highest BCUT2D eigenvalue weighted by atomic mass is 19.4. The molecule has 25 heavy (non-hydrogen) atoms. The zero-order chi connectivity index (χ0) is 18.0. The van der Waals surface area contributed by atoms with E-state index in [1.54, 1.807) is 13.0 Å². The molecule has 134 valence electrons. The van der Waals surface area contributed by atoms with Gasteiger partial charge in [0.1, 0.15) is 5.82 Å². The summed E-state index contributed by atoms with van der Waals surface area (Å²) in [7, 11) is 2.09. The second-order valence-electron chi connectivity index (χ2n) is 6.58. The van der Waals surface area contributed by atoms with Gasteiger partial charge < -0.3 is 10.2 Å². The molecule has 3 rings (SSSR count). The van der Waals surface area contributed by atoms with Crippen molar-refractivity contribution in [2.24, 2.45) is 0 Å². The molecule has 1 aromatic heterocycles. The average Bonchev–Trinajstić information content (AvgIpc) is 2.55. The Balaban J connectivity index is 1.74. The Morgan fingerprint density at radius 2 is 1.96 bits per heavy atom. The molecule has 0 saturated carbocycles. The van der Waals surface area contributed by atoms with Crippen molar-refractivity contribution in [1.82, 2.24) is 15.1 Å². The fourth-order valence-corrected chi connectivity index (χ4v) is 3.17. The van der Waals surface area contributed by atoms with E-state index in [4.69, 9.17) is 0 Å². The number of aryl methyl sites for hydroxylation is 1. The molecule has 0 spiro atoms. The van der Waals surface area contributed by atoms with Crippen molar-refractivity contribution < 1.29 is 13.2 Å². The minimum atomic E-state index is -4.34. The van der Waals surface area contributed by atoms with Crippen LogP contribution < -0.4 is 5.32 Å². The predicted molar refractivity (Wildman–Crippen MR) is 91.3 cm³/mol. The lowest BCUT2D eigenvalue weighted by Gasteiger charge is -2.30. The first-order valence-corrected chi connectivity index (χ1v) is 8.30. The molecule has 7 heteroatoms. The fraction of sp³-hybridized carbons (Fsp3) is 0.444. The van der Waals surface area contributed by atoms with Crippen LogP contribution in [0.3, 0.4) is 0 Å². The number of rotatable bonds is 3. The number of anilines is 1. The summed E-state index contributed by atoms with van der Waals surface area (Å²) in [5.74, 6) is 0.689. The molecule has 0 radical (unpaired) electrons. The highest BCUT2D eigenvalue weighted by Crippen LogP contribution is 2.32. The first-order valence-electron chi connectivity index (χ1n) is 8.30. The lowest BCUT2D eigenvalue weighted by atomic mass is 10.0. The largest absolute Gasteiger partial charge is 0.416 e. The first kappa shape index (κ1) is 17.7. The zero-order valence-corrected chi connectivity index (χ0v) is 14.3. The quantitative estimate of drug-likeness (QED) is 0.909. The van der Waals surface area contributed by atoms with E-state index in [0.29, 0.717) is 28.7 Å². The van der Waals surface area contributed by atoms with Gasteiger partial charge in [-0.05, 0) is 63.2 Å². The number of nitrogens with one attached hydrogen (secondary N) is 1. The number of likely N-dealkylation sites (N-methyl/N-ethyl adjacent to an activating group) is 1. The number of hydrogen-bond acceptors (Lipinski definition) is 4. The van der Waals surface area contributed by atoms with Gasteiger partial charge in [0.2, 0.25) is 0 Å². The Morgan fingerprint density at radius 1 is 1.16 bits per heavy atom. The van der Waals surface area contributed by atoms with Crippen LogP contribution in [-0.4, -0.2) is 41.3 Å². The van der Waals surface area contributed by atoms with E-state index in [9.17, 15) is 13.2 Å². The van der Waals surface area contributed by atoms with Crippen molar-refractivity contribution in [2.75, 3.05) is 25.5 Å². The fourth-order valence-electron chi connectivity index (χ4n) is 3.17. The third kappa shape index (κ3) is 4.28. The third-order valence-corrected chi connectivity index (χ3v) is 4.47. The predicted octanol–water partition coefficient (Wildman–Crippen LogP) is 3.98. The van der Waals surface area contributed by atoms with Crippen LogP contribution in [0.1, 0.15) is 24.0 Å². The van der Waals surface area contributed by atoms with Crippen LogP contribution in [0.2, 0.25) is 0 Å². The molecule has 2 heterocycles. The topological polar surface area (TPSA) is 41.0 Å². The van der Waals surface area contributed by atoms with E-state index in [0.717, 1.165) is 38.1 Å². The second-order valence-corrected chi connectivity index (χ2v) is 6.58. The van der Waals surface area contributed by atoms with Crippen LogP contribution in [-0.2, 0) is 6.18 Å². The molecular formula is C18H21F3N4. The number of likely N-dealkylation sites (tertiary alicyclic amines) is 1. The maximum atomic E-state index is 12.8. The summed E-state index contributed by atoms with van der Waals surface area (Å²) in [5, 5.41) is 11.7. The van der Waals surface area contributed by atoms with E-state index in [1.165, 1.54) is 6.07 Å². The van der Waals surface area contributed by atoms with Crippen molar-refractivity contribution in [3.8, 4) is 11.3 Å². The van der Waals surface area contributed by atoms with Gasteiger partial charge in [0.25, 0.3) is 0 Å². The number of hydrogen-bond donors (Lipinski definition) is 1. The van der Waals surface area contributed by atoms with E-state index in [2.05, 4.69) is 27.5 Å². The third-order valence-electron chi connectivity index (χ3n) is 4.47. The van der Waals surface area contributed by atoms with Gasteiger partial charge in [-0.3, -0.25) is 0 Å². The van der Waals surface area contributed by atoms with Gasteiger partial charge in [-0.2, -0.15) is 13.2 Å². The Kier molecular flexibility index (Phi) is 4.94. The molecule has 1 fully saturated rings. The summed E-state index contributed by atoms with van der Waals surface area (Å²) < 4.78 is 38.3. The number of alkyl halides is 3. The number of piperidine rings is 1. The summed E-state index contributed by atoms with van der Waals surface area (Å²) in [6, 6.07) is 7.62. The van der Waals surface area contributed by atoms with Crippen LogP contribution in [0.5, 0.6) is 0 Å². The summed E-state index contributed by atoms with van der Waals surface area (Å²) in [6.07, 6.45) is -2.11. The SMILES string of the molecule is Cc1cc(C(F)(F)F)ccc1-c1ccc(N[C@@H]2CCCN(C)C2)nn1. The molecule has 1 aliphatic heterocycles. The summed E-state index contributed by atoms with van der Waals surface area (Å²) in [5.41, 5.74) is 1.10. The lowest BCUT2D eigenvalue weighted by Crippen LogP contribution is -2.39. The van der Waals surface area contributed by atoms with E-state index in [-0.39, 0.29) is 0 Å². The van der Waals surface area contributed by atoms with Crippen molar-refractivity contribution in [3.63, 3.8) is 0 Å². The van der Waals surface area contributed by atoms with Crippen LogP contribution >= 0.6 is 0 Å². The molecule has 1 atom stereocenters. The standard InChI is InChI=1S/C18H21F3N4/c1-12-10-13(18(19,20)21)5-6-15(12)16-7-8-17(24-23-16)22-14-4-3-9-25(2)11-14/h5-8,10,14H,3-4,9,11H2,1-2H3,(H,22,24)/t14-/m1/s1. The Bertz CT molecular complexity index is 728. The normalized spacial score (nSPS) is 19.0. The number of aromatic nitrogens is 2. The molecule has 1 aromatic carbocycles. The Labute approximate surface area is 145 Å². The molecule has 0 aliphatic carbocycles. The van der Waals surface area contributed by atoms with Gasteiger partial charge in [0.05, 0.1) is 11.3 Å². The zero-order valence-electron chi connectivity index (χ0n) is 14.3. The minimum absolute atomic E-state index is 0.340. The lowest BCUT2D eigenvalue weighted by molar-refractivity contribution is -0.137. The Morgan fingerprint density at radius 3 is 2.56 bits per heavy atom. The molecule has 1 saturated heterocycles.